The van der Waals surface area contributed by atoms with Crippen LogP contribution < -0.4 is 0 Å². The fraction of sp³-hybridized carbons (Fsp3) is 1.00. The van der Waals surface area contributed by atoms with Gasteiger partial charge in [0, 0.05) is 0 Å². The second-order valence-electron chi connectivity index (χ2n) is 11.5. The molecule has 18 atom stereocenters. The number of hydrogen-bond donors (Lipinski definition) is 18. The third kappa shape index (κ3) is 11.7. The highest BCUT2D eigenvalue weighted by Gasteiger charge is 2.45. The largest absolute Gasteiger partial charge is 0.394 e. The monoisotopic (exact) mass is 684 g/mol. The van der Waals surface area contributed by atoms with Gasteiger partial charge in [-0.3, -0.25) is 0 Å². The van der Waals surface area contributed by atoms with Crippen LogP contribution >= 0.6 is 0 Å². The van der Waals surface area contributed by atoms with Crippen molar-refractivity contribution in [1.29, 1.82) is 0 Å². The molecule has 0 saturated carbocycles. The normalized spacial score (nSPS) is 37.2. The summed E-state index contributed by atoms with van der Waals surface area (Å²) in [6.07, 6.45) is -26.7. The van der Waals surface area contributed by atoms with Gasteiger partial charge >= 0.3 is 0 Å². The van der Waals surface area contributed by atoms with Crippen LogP contribution in [0.1, 0.15) is 25.7 Å². The van der Waals surface area contributed by atoms with Crippen molar-refractivity contribution in [1.82, 2.24) is 0 Å². The van der Waals surface area contributed by atoms with Gasteiger partial charge in [0.1, 0.15) is 85.5 Å². The SMILES string of the molecule is OCC1O[C@H](CC[C@@H](O)[C@@H](O)[C@H](O)[C@@H](O)CO)C(O)[C@H](O)[C@@H]1O.OCC1O[C@H](CC[C@@H](O)[C@@H](O)[C@H](O)[C@H](O)CO)C(O)[C@H](O)[C@@H]1O. The van der Waals surface area contributed by atoms with Crippen LogP contribution in [0, 0.1) is 0 Å². The molecule has 2 rings (SSSR count). The van der Waals surface area contributed by atoms with Crippen molar-refractivity contribution in [2.24, 2.45) is 0 Å². The van der Waals surface area contributed by atoms with Crippen LogP contribution in [0.4, 0.5) is 0 Å². The first-order valence-corrected chi connectivity index (χ1v) is 14.8. The van der Waals surface area contributed by atoms with E-state index >= 15 is 0 Å². The van der Waals surface area contributed by atoms with Crippen molar-refractivity contribution in [3.8, 4) is 0 Å². The molecule has 2 fully saturated rings. The first-order valence-electron chi connectivity index (χ1n) is 14.8. The van der Waals surface area contributed by atoms with Crippen LogP contribution in [0.5, 0.6) is 0 Å². The highest BCUT2D eigenvalue weighted by Crippen LogP contribution is 2.26. The van der Waals surface area contributed by atoms with E-state index in [2.05, 4.69) is 0 Å². The minimum Gasteiger partial charge on any atom is -0.394 e. The molecule has 0 aliphatic carbocycles. The minimum atomic E-state index is -1.76. The fourth-order valence-electron chi connectivity index (χ4n) is 4.97. The first-order chi connectivity index (χ1) is 21.5. The van der Waals surface area contributed by atoms with Crippen LogP contribution in [0.2, 0.25) is 0 Å². The zero-order valence-electron chi connectivity index (χ0n) is 24.9. The summed E-state index contributed by atoms with van der Waals surface area (Å²) in [5.41, 5.74) is 0. The second-order valence-corrected chi connectivity index (χ2v) is 11.5. The molecule has 0 bridgehead atoms. The van der Waals surface area contributed by atoms with Crippen LogP contribution in [0.25, 0.3) is 0 Å². The van der Waals surface area contributed by atoms with Gasteiger partial charge in [0.05, 0.1) is 50.8 Å². The van der Waals surface area contributed by atoms with Gasteiger partial charge in [-0.25, -0.2) is 0 Å². The predicted molar refractivity (Wildman–Crippen MR) is 148 cm³/mol. The summed E-state index contributed by atoms with van der Waals surface area (Å²) in [5.74, 6) is 0. The Labute approximate surface area is 263 Å². The summed E-state index contributed by atoms with van der Waals surface area (Å²) in [5, 5.41) is 170. The lowest BCUT2D eigenvalue weighted by atomic mass is 9.91. The lowest BCUT2D eigenvalue weighted by molar-refractivity contribution is -0.232. The summed E-state index contributed by atoms with van der Waals surface area (Å²) >= 11 is 0. The standard InChI is InChI=1S/2C13H26O10/c2*14-3-6(17)10(19)9(18)5(16)1-2-7-11(20)13(22)12(21)8(4-15)23-7/h2*5-22H,1-4H2/t5-,6+,7-,8?,9-,10-,11?,12-,13+;5-,6-,7-,8?,9-,10-,11?,12-,13+/m11/s1. The summed E-state index contributed by atoms with van der Waals surface area (Å²) < 4.78 is 10.5. The Morgan fingerprint density at radius 2 is 0.630 bits per heavy atom. The van der Waals surface area contributed by atoms with E-state index < -0.39 is 136 Å². The van der Waals surface area contributed by atoms with Crippen molar-refractivity contribution in [2.45, 2.75) is 136 Å². The minimum absolute atomic E-state index is 0.0540. The molecule has 2 heterocycles. The van der Waals surface area contributed by atoms with E-state index in [1.807, 2.05) is 0 Å². The molecule has 0 amide bonds. The molecule has 20 heteroatoms. The molecule has 2 aliphatic rings. The Hall–Kier alpha value is -0.800. The molecule has 2 saturated heterocycles. The van der Waals surface area contributed by atoms with Gasteiger partial charge in [-0.2, -0.15) is 0 Å². The molecule has 0 spiro atoms. The molecule has 0 aromatic carbocycles. The van der Waals surface area contributed by atoms with Crippen LogP contribution in [0.15, 0.2) is 0 Å². The third-order valence-corrected chi connectivity index (χ3v) is 8.13. The van der Waals surface area contributed by atoms with Crippen LogP contribution in [0.3, 0.4) is 0 Å². The second kappa shape index (κ2) is 20.7. The molecule has 276 valence electrons. The number of rotatable bonds is 16. The Balaban J connectivity index is 0.000000460. The van der Waals surface area contributed by atoms with E-state index in [0.29, 0.717) is 0 Å². The third-order valence-electron chi connectivity index (χ3n) is 8.13. The van der Waals surface area contributed by atoms with Gasteiger partial charge in [0.15, 0.2) is 0 Å². The summed E-state index contributed by atoms with van der Waals surface area (Å²) in [6.45, 7) is -2.74. The smallest absolute Gasteiger partial charge is 0.111 e. The molecule has 46 heavy (non-hydrogen) atoms. The van der Waals surface area contributed by atoms with Gasteiger partial charge in [0.2, 0.25) is 0 Å². The maximum Gasteiger partial charge on any atom is 0.111 e. The van der Waals surface area contributed by atoms with E-state index in [9.17, 15) is 71.5 Å². The lowest BCUT2D eigenvalue weighted by Crippen LogP contribution is -2.58. The Morgan fingerprint density at radius 3 is 0.891 bits per heavy atom. The van der Waals surface area contributed by atoms with Crippen molar-refractivity contribution in [3.05, 3.63) is 0 Å². The first kappa shape index (κ1) is 43.2. The molecular weight excluding hydrogens is 632 g/mol. The molecule has 4 unspecified atom stereocenters. The lowest BCUT2D eigenvalue weighted by Gasteiger charge is -2.40. The quantitative estimate of drug-likeness (QED) is 0.0717. The molecule has 0 radical (unpaired) electrons. The van der Waals surface area contributed by atoms with Crippen LogP contribution in [-0.4, -0.2) is 228 Å². The van der Waals surface area contributed by atoms with E-state index in [4.69, 9.17) is 29.9 Å². The van der Waals surface area contributed by atoms with Gasteiger partial charge in [-0.05, 0) is 25.7 Å². The molecule has 0 aromatic heterocycles. The van der Waals surface area contributed by atoms with E-state index in [-0.39, 0.29) is 25.7 Å². The highest BCUT2D eigenvalue weighted by atomic mass is 16.6. The molecule has 0 aromatic rings. The van der Waals surface area contributed by atoms with E-state index in [1.54, 1.807) is 0 Å². The fourth-order valence-corrected chi connectivity index (χ4v) is 4.97. The van der Waals surface area contributed by atoms with Crippen molar-refractivity contribution < 1.29 is 101 Å². The summed E-state index contributed by atoms with van der Waals surface area (Å²) in [7, 11) is 0. The number of aliphatic hydroxyl groups is 18. The number of aliphatic hydroxyl groups excluding tert-OH is 18. The van der Waals surface area contributed by atoms with Gasteiger partial charge in [0.25, 0.3) is 0 Å². The predicted octanol–water partition coefficient (Wildman–Crippen LogP) is -9.91. The van der Waals surface area contributed by atoms with E-state index in [1.165, 1.54) is 0 Å². The molecule has 20 nitrogen and oxygen atoms in total. The van der Waals surface area contributed by atoms with Crippen molar-refractivity contribution in [2.75, 3.05) is 26.4 Å². The summed E-state index contributed by atoms with van der Waals surface area (Å²) in [6, 6.07) is 0. The van der Waals surface area contributed by atoms with E-state index in [0.717, 1.165) is 0 Å². The zero-order chi connectivity index (χ0) is 35.5. The maximum atomic E-state index is 9.82. The zero-order valence-corrected chi connectivity index (χ0v) is 24.9. The Morgan fingerprint density at radius 1 is 0.370 bits per heavy atom. The Kier molecular flexibility index (Phi) is 19.4. The highest BCUT2D eigenvalue weighted by molar-refractivity contribution is 4.94. The van der Waals surface area contributed by atoms with Gasteiger partial charge in [-0.1, -0.05) is 0 Å². The Bertz CT molecular complexity index is 745. The average molecular weight is 685 g/mol. The number of hydrogen-bond acceptors (Lipinski definition) is 20. The van der Waals surface area contributed by atoms with Crippen LogP contribution in [-0.2, 0) is 9.47 Å². The van der Waals surface area contributed by atoms with Crippen molar-refractivity contribution >= 4 is 0 Å². The maximum absolute atomic E-state index is 9.82. The average Bonchev–Trinajstić information content (AvgIpc) is 3.06. The molecule has 18 N–H and O–H groups in total. The molecular formula is C26H52O20. The summed E-state index contributed by atoms with van der Waals surface area (Å²) in [4.78, 5) is 0. The van der Waals surface area contributed by atoms with Gasteiger partial charge < -0.3 is 101 Å². The molecule has 2 aliphatic heterocycles. The number of ether oxygens (including phenoxy) is 2. The van der Waals surface area contributed by atoms with Crippen molar-refractivity contribution in [3.63, 3.8) is 0 Å². The van der Waals surface area contributed by atoms with Gasteiger partial charge in [-0.15, -0.1) is 0 Å². The topological polar surface area (TPSA) is 383 Å².